The molecule has 0 aliphatic carbocycles. The molecular formula is C19H20BrN3O5. The molecule has 0 saturated carbocycles. The number of benzene rings is 2. The number of nitrogens with zero attached hydrogens (tertiary/aromatic N) is 1. The molecular weight excluding hydrogens is 430 g/mol. The zero-order chi connectivity index (χ0) is 20.5. The van der Waals surface area contributed by atoms with Gasteiger partial charge in [-0.15, -0.1) is 0 Å². The number of aromatic hydroxyl groups is 1. The molecule has 0 atom stereocenters. The minimum Gasteiger partial charge on any atom is -0.504 e. The van der Waals surface area contributed by atoms with E-state index in [2.05, 4.69) is 31.8 Å². The Bertz CT molecular complexity index is 869. The van der Waals surface area contributed by atoms with Crippen LogP contribution in [0, 0.1) is 0 Å². The highest BCUT2D eigenvalue weighted by Gasteiger charge is 2.09. The first-order valence-corrected chi connectivity index (χ1v) is 9.04. The van der Waals surface area contributed by atoms with Gasteiger partial charge in [0.15, 0.2) is 11.5 Å². The van der Waals surface area contributed by atoms with Crippen LogP contribution in [0.3, 0.4) is 0 Å². The molecule has 2 rings (SSSR count). The van der Waals surface area contributed by atoms with E-state index in [0.29, 0.717) is 21.5 Å². The van der Waals surface area contributed by atoms with Gasteiger partial charge in [0.05, 0.1) is 20.4 Å². The summed E-state index contributed by atoms with van der Waals surface area (Å²) in [5.74, 6) is 0.144. The number of carbonyl (C=O) groups excluding carboxylic acids is 2. The van der Waals surface area contributed by atoms with Crippen molar-refractivity contribution in [2.75, 3.05) is 19.5 Å². The van der Waals surface area contributed by atoms with Gasteiger partial charge in [-0.25, -0.2) is 5.43 Å². The number of anilines is 1. The quantitative estimate of drug-likeness (QED) is 0.423. The third kappa shape index (κ3) is 6.27. The molecule has 0 aliphatic rings. The van der Waals surface area contributed by atoms with Crippen molar-refractivity contribution in [3.8, 4) is 17.2 Å². The Hall–Kier alpha value is -3.07. The average molecular weight is 450 g/mol. The van der Waals surface area contributed by atoms with Gasteiger partial charge in [0.1, 0.15) is 5.75 Å². The summed E-state index contributed by atoms with van der Waals surface area (Å²) in [7, 11) is 2.99. The fraction of sp³-hybridized carbons (Fsp3) is 0.211. The molecule has 28 heavy (non-hydrogen) atoms. The maximum atomic E-state index is 11.9. The van der Waals surface area contributed by atoms with Crippen LogP contribution < -0.4 is 20.2 Å². The van der Waals surface area contributed by atoms with Crippen LogP contribution in [-0.2, 0) is 9.59 Å². The van der Waals surface area contributed by atoms with Crippen LogP contribution in [0.2, 0.25) is 0 Å². The van der Waals surface area contributed by atoms with Crippen LogP contribution in [0.1, 0.15) is 18.4 Å². The van der Waals surface area contributed by atoms with Crippen molar-refractivity contribution in [1.29, 1.82) is 0 Å². The van der Waals surface area contributed by atoms with E-state index in [9.17, 15) is 14.7 Å². The third-order valence-electron chi connectivity index (χ3n) is 3.63. The molecule has 2 amide bonds. The highest BCUT2D eigenvalue weighted by molar-refractivity contribution is 9.10. The summed E-state index contributed by atoms with van der Waals surface area (Å²) in [6.07, 6.45) is 1.26. The number of hydrogen-bond donors (Lipinski definition) is 3. The normalized spacial score (nSPS) is 10.5. The molecule has 0 saturated heterocycles. The second-order valence-electron chi connectivity index (χ2n) is 5.62. The monoisotopic (exact) mass is 449 g/mol. The van der Waals surface area contributed by atoms with Crippen LogP contribution in [0.5, 0.6) is 17.2 Å². The minimum atomic E-state index is -0.428. The van der Waals surface area contributed by atoms with E-state index in [1.54, 1.807) is 43.5 Å². The van der Waals surface area contributed by atoms with Crippen molar-refractivity contribution in [2.45, 2.75) is 12.8 Å². The largest absolute Gasteiger partial charge is 0.504 e. The summed E-state index contributed by atoms with van der Waals surface area (Å²) in [5, 5.41) is 16.5. The molecule has 2 aromatic rings. The number of rotatable bonds is 8. The molecule has 148 valence electrons. The van der Waals surface area contributed by atoms with E-state index in [1.165, 1.54) is 13.3 Å². The number of amides is 2. The van der Waals surface area contributed by atoms with Crippen molar-refractivity contribution in [3.05, 3.63) is 46.4 Å². The first-order valence-electron chi connectivity index (χ1n) is 8.25. The predicted octanol–water partition coefficient (Wildman–Crippen LogP) is 3.04. The highest BCUT2D eigenvalue weighted by atomic mass is 79.9. The van der Waals surface area contributed by atoms with E-state index in [1.807, 2.05) is 0 Å². The third-order valence-corrected chi connectivity index (χ3v) is 4.09. The summed E-state index contributed by atoms with van der Waals surface area (Å²) in [5.41, 5.74) is 3.30. The smallest absolute Gasteiger partial charge is 0.240 e. The number of hydrazone groups is 1. The standard InChI is InChI=1S/C19H20BrN3O5/c1-27-15-5-3-14(4-6-15)22-17(24)7-8-18(25)23-21-11-12-9-13(20)10-16(28-2)19(12)26/h3-6,9-11,26H,7-8H2,1-2H3,(H,22,24)(H,23,25)/b21-11+. The lowest BCUT2D eigenvalue weighted by Crippen LogP contribution is -2.20. The number of carbonyl (C=O) groups is 2. The number of phenols is 1. The van der Waals surface area contributed by atoms with E-state index in [-0.39, 0.29) is 30.2 Å². The van der Waals surface area contributed by atoms with Crippen LogP contribution in [0.4, 0.5) is 5.69 Å². The van der Waals surface area contributed by atoms with E-state index in [0.717, 1.165) is 0 Å². The van der Waals surface area contributed by atoms with Crippen molar-refractivity contribution in [1.82, 2.24) is 5.43 Å². The zero-order valence-corrected chi connectivity index (χ0v) is 16.9. The second kappa shape index (κ2) is 10.3. The van der Waals surface area contributed by atoms with Crippen molar-refractivity contribution in [2.24, 2.45) is 5.10 Å². The Morgan fingerprint density at radius 1 is 1.11 bits per heavy atom. The number of methoxy groups -OCH3 is 2. The molecule has 2 aromatic carbocycles. The Kier molecular flexibility index (Phi) is 7.82. The maximum absolute atomic E-state index is 11.9. The summed E-state index contributed by atoms with van der Waals surface area (Å²) < 4.78 is 10.8. The molecule has 0 unspecified atom stereocenters. The van der Waals surface area contributed by atoms with Gasteiger partial charge in [-0.3, -0.25) is 9.59 Å². The van der Waals surface area contributed by atoms with E-state index < -0.39 is 5.91 Å². The maximum Gasteiger partial charge on any atom is 0.240 e. The lowest BCUT2D eigenvalue weighted by molar-refractivity contribution is -0.124. The van der Waals surface area contributed by atoms with Gasteiger partial charge in [0.25, 0.3) is 0 Å². The van der Waals surface area contributed by atoms with Gasteiger partial charge in [-0.1, -0.05) is 15.9 Å². The number of halogens is 1. The number of phenolic OH excluding ortho intramolecular Hbond substituents is 1. The van der Waals surface area contributed by atoms with E-state index in [4.69, 9.17) is 9.47 Å². The first kappa shape index (κ1) is 21.2. The van der Waals surface area contributed by atoms with Crippen molar-refractivity contribution in [3.63, 3.8) is 0 Å². The molecule has 9 heteroatoms. The summed E-state index contributed by atoms with van der Waals surface area (Å²) in [4.78, 5) is 23.7. The Labute approximate surface area is 170 Å². The molecule has 0 aromatic heterocycles. The van der Waals surface area contributed by atoms with Crippen LogP contribution in [-0.4, -0.2) is 37.4 Å². The Morgan fingerprint density at radius 3 is 2.43 bits per heavy atom. The lowest BCUT2D eigenvalue weighted by atomic mass is 10.2. The molecule has 0 fully saturated rings. The summed E-state index contributed by atoms with van der Waals surface area (Å²) >= 11 is 3.29. The van der Waals surface area contributed by atoms with Crippen molar-refractivity contribution >= 4 is 39.6 Å². The highest BCUT2D eigenvalue weighted by Crippen LogP contribution is 2.32. The summed E-state index contributed by atoms with van der Waals surface area (Å²) in [6.45, 7) is 0. The minimum absolute atomic E-state index is 0.00331. The Morgan fingerprint density at radius 2 is 1.79 bits per heavy atom. The molecule has 0 bridgehead atoms. The average Bonchev–Trinajstić information content (AvgIpc) is 2.69. The van der Waals surface area contributed by atoms with Gasteiger partial charge in [0, 0.05) is 28.6 Å². The number of nitrogens with one attached hydrogen (secondary N) is 2. The fourth-order valence-electron chi connectivity index (χ4n) is 2.20. The van der Waals surface area contributed by atoms with Gasteiger partial charge < -0.3 is 19.9 Å². The molecule has 0 spiro atoms. The molecule has 8 nitrogen and oxygen atoms in total. The lowest BCUT2D eigenvalue weighted by Gasteiger charge is -2.07. The topological polar surface area (TPSA) is 109 Å². The second-order valence-corrected chi connectivity index (χ2v) is 6.53. The first-order chi connectivity index (χ1) is 13.4. The fourth-order valence-corrected chi connectivity index (χ4v) is 2.66. The van der Waals surface area contributed by atoms with Gasteiger partial charge in [0.2, 0.25) is 11.8 Å². The predicted molar refractivity (Wildman–Crippen MR) is 109 cm³/mol. The zero-order valence-electron chi connectivity index (χ0n) is 15.4. The van der Waals surface area contributed by atoms with Crippen molar-refractivity contribution < 1.29 is 24.2 Å². The van der Waals surface area contributed by atoms with Crippen LogP contribution in [0.25, 0.3) is 0 Å². The van der Waals surface area contributed by atoms with Gasteiger partial charge in [-0.2, -0.15) is 5.10 Å². The Balaban J connectivity index is 1.81. The SMILES string of the molecule is COc1ccc(NC(=O)CCC(=O)N/N=C/c2cc(Br)cc(OC)c2O)cc1. The van der Waals surface area contributed by atoms with E-state index >= 15 is 0 Å². The molecule has 0 aliphatic heterocycles. The number of ether oxygens (including phenoxy) is 2. The van der Waals surface area contributed by atoms with Crippen LogP contribution >= 0.6 is 15.9 Å². The van der Waals surface area contributed by atoms with Crippen LogP contribution in [0.15, 0.2) is 46.0 Å². The van der Waals surface area contributed by atoms with Gasteiger partial charge >= 0.3 is 0 Å². The molecule has 0 radical (unpaired) electrons. The molecule has 0 heterocycles. The number of hydrogen-bond acceptors (Lipinski definition) is 6. The summed E-state index contributed by atoms with van der Waals surface area (Å²) in [6, 6.07) is 10.1. The molecule has 3 N–H and O–H groups in total. The van der Waals surface area contributed by atoms with Gasteiger partial charge in [-0.05, 0) is 36.4 Å².